The fourth-order valence-corrected chi connectivity index (χ4v) is 7.27. The summed E-state index contributed by atoms with van der Waals surface area (Å²) in [7, 11) is -4.09. The molecular weight excluding hydrogens is 582 g/mol. The molecule has 2 aliphatic rings. The molecule has 224 valence electrons. The van der Waals surface area contributed by atoms with E-state index in [0.29, 0.717) is 38.5 Å². The largest absolute Gasteiger partial charge is 0.491 e. The number of hydrogen-bond donors (Lipinski definition) is 2. The number of hydroxylamine groups is 1. The van der Waals surface area contributed by atoms with Crippen LogP contribution in [0.1, 0.15) is 38.2 Å². The minimum atomic E-state index is -4.09. The maximum absolute atomic E-state index is 14.6. The lowest BCUT2D eigenvalue weighted by atomic mass is 9.94. The maximum Gasteiger partial charge on any atom is 0.266 e. The number of nitrogens with one attached hydrogen (secondary N) is 1. The minimum absolute atomic E-state index is 0. The summed E-state index contributed by atoms with van der Waals surface area (Å²) in [6.45, 7) is 6.22. The molecule has 0 aliphatic carbocycles. The molecule has 2 heterocycles. The normalized spacial score (nSPS) is 17.4. The van der Waals surface area contributed by atoms with Gasteiger partial charge in [-0.1, -0.05) is 31.0 Å². The highest BCUT2D eigenvalue weighted by Gasteiger charge is 2.55. The van der Waals surface area contributed by atoms with Crippen LogP contribution in [-0.2, 0) is 14.8 Å². The van der Waals surface area contributed by atoms with Crippen molar-refractivity contribution in [1.82, 2.24) is 9.79 Å². The zero-order valence-corrected chi connectivity index (χ0v) is 25.3. The number of hydrogen-bond acceptors (Lipinski definition) is 7. The molecule has 9 nitrogen and oxygen atoms in total. The molecule has 0 radical (unpaired) electrons. The maximum atomic E-state index is 14.6. The number of piperazine rings is 1. The quantitative estimate of drug-likeness (QED) is 0.247. The van der Waals surface area contributed by atoms with E-state index in [1.807, 2.05) is 43.0 Å². The number of carbonyl (C=O) groups is 1. The van der Waals surface area contributed by atoms with Crippen LogP contribution in [0.3, 0.4) is 0 Å². The first kappa shape index (κ1) is 33.9. The first-order chi connectivity index (χ1) is 18.2. The lowest BCUT2D eigenvalue weighted by molar-refractivity contribution is -0.132. The third-order valence-electron chi connectivity index (χ3n) is 7.59. The smallest absolute Gasteiger partial charge is 0.266 e. The Morgan fingerprint density at radius 2 is 1.55 bits per heavy atom. The molecule has 0 atom stereocenters. The summed E-state index contributed by atoms with van der Waals surface area (Å²) in [5.41, 5.74) is 4.36. The summed E-state index contributed by atoms with van der Waals surface area (Å²) >= 11 is 0. The van der Waals surface area contributed by atoms with E-state index in [-0.39, 0.29) is 56.5 Å². The molecule has 2 N–H and O–H groups in total. The van der Waals surface area contributed by atoms with Crippen molar-refractivity contribution < 1.29 is 27.5 Å². The van der Waals surface area contributed by atoms with Crippen LogP contribution in [0.15, 0.2) is 42.5 Å². The lowest BCUT2D eigenvalue weighted by Gasteiger charge is -2.44. The summed E-state index contributed by atoms with van der Waals surface area (Å²) in [5, 5.41) is 9.48. The van der Waals surface area contributed by atoms with Gasteiger partial charge in [0, 0.05) is 56.7 Å². The molecule has 0 aromatic heterocycles. The van der Waals surface area contributed by atoms with E-state index in [1.54, 1.807) is 17.6 Å². The van der Waals surface area contributed by atoms with Gasteiger partial charge in [-0.25, -0.2) is 18.3 Å². The van der Waals surface area contributed by atoms with Crippen LogP contribution in [0.4, 0.5) is 15.8 Å². The zero-order chi connectivity index (χ0) is 27.3. The Morgan fingerprint density at radius 3 is 2.10 bits per heavy atom. The fourth-order valence-electron chi connectivity index (χ4n) is 5.15. The summed E-state index contributed by atoms with van der Waals surface area (Å²) in [6.07, 6.45) is 1.91. The van der Waals surface area contributed by atoms with E-state index < -0.39 is 26.5 Å². The Kier molecular flexibility index (Phi) is 12.3. The Hall–Kier alpha value is -2.31. The van der Waals surface area contributed by atoms with Crippen molar-refractivity contribution in [2.75, 3.05) is 55.7 Å². The van der Waals surface area contributed by atoms with Crippen LogP contribution in [0, 0.1) is 12.7 Å². The van der Waals surface area contributed by atoms with Crippen LogP contribution in [0.2, 0.25) is 0 Å². The van der Waals surface area contributed by atoms with E-state index in [1.165, 1.54) is 10.4 Å². The highest BCUT2D eigenvalue weighted by molar-refractivity contribution is 7.91. The van der Waals surface area contributed by atoms with Gasteiger partial charge < -0.3 is 14.5 Å². The first-order valence-corrected chi connectivity index (χ1v) is 14.6. The molecule has 0 saturated carbocycles. The zero-order valence-electron chi connectivity index (χ0n) is 22.8. The highest BCUT2D eigenvalue weighted by atomic mass is 35.5. The van der Waals surface area contributed by atoms with Gasteiger partial charge in [0.1, 0.15) is 0 Å². The molecular formula is C27H39Cl2FN4O5S. The summed E-state index contributed by atoms with van der Waals surface area (Å²) in [5.74, 6) is -1.14. The predicted molar refractivity (Wildman–Crippen MR) is 159 cm³/mol. The number of unbranched alkanes of at least 4 members (excludes halogenated alkanes) is 1. The minimum Gasteiger partial charge on any atom is -0.491 e. The summed E-state index contributed by atoms with van der Waals surface area (Å²) in [4.78, 5) is 16.8. The average molecular weight is 622 g/mol. The van der Waals surface area contributed by atoms with Gasteiger partial charge in [-0.3, -0.25) is 10.0 Å². The van der Waals surface area contributed by atoms with Crippen LogP contribution in [0.25, 0.3) is 0 Å². The van der Waals surface area contributed by atoms with E-state index >= 15 is 0 Å². The van der Waals surface area contributed by atoms with Crippen molar-refractivity contribution in [2.45, 2.75) is 44.3 Å². The number of aryl methyl sites for hydroxylation is 1. The standard InChI is InChI=1S/C27H37FN4O5S.2ClH/c1-3-4-19-37-25-10-9-23(20-24(25)28)31-15-17-32(18-16-31)38(35,36)27(26(33)29-34)11-13-30(14-12-27)22-7-5-21(2)6-8-22;;/h5-10,20,34H,3-4,11-19H2,1-2H3,(H,29,33);2*1H. The molecule has 4 rings (SSSR count). The molecule has 0 spiro atoms. The van der Waals surface area contributed by atoms with Crippen molar-refractivity contribution in [1.29, 1.82) is 0 Å². The van der Waals surface area contributed by atoms with Gasteiger partial charge >= 0.3 is 0 Å². The number of nitrogens with zero attached hydrogens (tertiary/aromatic N) is 3. The number of benzene rings is 2. The number of rotatable bonds is 9. The predicted octanol–water partition coefficient (Wildman–Crippen LogP) is 4.15. The van der Waals surface area contributed by atoms with Crippen molar-refractivity contribution in [3.05, 3.63) is 53.8 Å². The number of carbonyl (C=O) groups excluding carboxylic acids is 1. The Bertz CT molecular complexity index is 1220. The Morgan fingerprint density at radius 1 is 0.975 bits per heavy atom. The molecule has 2 aromatic rings. The third-order valence-corrected chi connectivity index (χ3v) is 10.2. The Balaban J connectivity index is 0.00000280. The summed E-state index contributed by atoms with van der Waals surface area (Å²) in [6, 6.07) is 12.7. The molecule has 0 unspecified atom stereocenters. The van der Waals surface area contributed by atoms with E-state index in [2.05, 4.69) is 4.90 Å². The second kappa shape index (κ2) is 14.5. The molecule has 1 amide bonds. The molecule has 2 fully saturated rings. The highest BCUT2D eigenvalue weighted by Crippen LogP contribution is 2.36. The molecule has 40 heavy (non-hydrogen) atoms. The lowest BCUT2D eigenvalue weighted by Crippen LogP contribution is -2.63. The van der Waals surface area contributed by atoms with Crippen LogP contribution < -0.4 is 20.0 Å². The number of piperidine rings is 1. The SMILES string of the molecule is CCCCOc1ccc(N2CCN(S(=O)(=O)C3(C(=O)NO)CCN(c4ccc(C)cc4)CC3)CC2)cc1F.Cl.Cl. The van der Waals surface area contributed by atoms with Gasteiger partial charge in [-0.15, -0.1) is 24.8 Å². The number of ether oxygens (including phenoxy) is 1. The van der Waals surface area contributed by atoms with Crippen molar-refractivity contribution in [3.63, 3.8) is 0 Å². The van der Waals surface area contributed by atoms with Crippen LogP contribution >= 0.6 is 24.8 Å². The van der Waals surface area contributed by atoms with Crippen molar-refractivity contribution >= 4 is 52.1 Å². The average Bonchev–Trinajstić information content (AvgIpc) is 2.94. The van der Waals surface area contributed by atoms with Crippen molar-refractivity contribution in [2.24, 2.45) is 0 Å². The third kappa shape index (κ3) is 6.94. The molecule has 13 heteroatoms. The van der Waals surface area contributed by atoms with Gasteiger partial charge in [0.25, 0.3) is 5.91 Å². The Labute approximate surface area is 248 Å². The second-order valence-electron chi connectivity index (χ2n) is 9.97. The number of amides is 1. The van der Waals surface area contributed by atoms with Crippen molar-refractivity contribution in [3.8, 4) is 5.75 Å². The van der Waals surface area contributed by atoms with Gasteiger partial charge in [0.05, 0.1) is 6.61 Å². The molecule has 0 bridgehead atoms. The van der Waals surface area contributed by atoms with Crippen LogP contribution in [-0.4, -0.2) is 74.5 Å². The van der Waals surface area contributed by atoms with Gasteiger partial charge in [-0.05, 0) is 50.5 Å². The summed E-state index contributed by atoms with van der Waals surface area (Å²) < 4.78 is 47.3. The van der Waals surface area contributed by atoms with E-state index in [0.717, 1.165) is 24.1 Å². The fraction of sp³-hybridized carbons (Fsp3) is 0.519. The molecule has 2 aromatic carbocycles. The second-order valence-corrected chi connectivity index (χ2v) is 12.2. The van der Waals surface area contributed by atoms with Gasteiger partial charge in [-0.2, -0.15) is 4.31 Å². The number of halogens is 3. The van der Waals surface area contributed by atoms with Gasteiger partial charge in [0.15, 0.2) is 16.3 Å². The molecule has 2 aliphatic heterocycles. The topological polar surface area (TPSA) is 102 Å². The first-order valence-electron chi connectivity index (χ1n) is 13.1. The van der Waals surface area contributed by atoms with Crippen LogP contribution in [0.5, 0.6) is 5.75 Å². The number of anilines is 2. The monoisotopic (exact) mass is 620 g/mol. The van der Waals surface area contributed by atoms with E-state index in [9.17, 15) is 22.8 Å². The van der Waals surface area contributed by atoms with E-state index in [4.69, 9.17) is 4.74 Å². The molecule has 2 saturated heterocycles. The number of sulfonamides is 1. The van der Waals surface area contributed by atoms with Gasteiger partial charge in [0.2, 0.25) is 10.0 Å².